The predicted molar refractivity (Wildman–Crippen MR) is 73.9 cm³/mol. The summed E-state index contributed by atoms with van der Waals surface area (Å²) < 4.78 is 0. The lowest BCUT2D eigenvalue weighted by molar-refractivity contribution is -0.137. The SMILES string of the molecule is O=C(O)CC(c1ccccc1)c1ccccc1C(=O)O. The van der Waals surface area contributed by atoms with Crippen LogP contribution in [0.25, 0.3) is 0 Å². The molecule has 4 heteroatoms. The fourth-order valence-corrected chi connectivity index (χ4v) is 2.26. The lowest BCUT2D eigenvalue weighted by atomic mass is 9.86. The number of carbonyl (C=O) groups is 2. The van der Waals surface area contributed by atoms with Gasteiger partial charge >= 0.3 is 11.9 Å². The topological polar surface area (TPSA) is 74.6 Å². The second-order valence-corrected chi connectivity index (χ2v) is 4.45. The van der Waals surface area contributed by atoms with Crippen molar-refractivity contribution in [2.75, 3.05) is 0 Å². The minimum atomic E-state index is -1.05. The maximum absolute atomic E-state index is 11.3. The van der Waals surface area contributed by atoms with Crippen molar-refractivity contribution in [3.63, 3.8) is 0 Å². The van der Waals surface area contributed by atoms with E-state index >= 15 is 0 Å². The summed E-state index contributed by atoms with van der Waals surface area (Å²) in [5.41, 5.74) is 1.46. The Morgan fingerprint density at radius 3 is 2.10 bits per heavy atom. The van der Waals surface area contributed by atoms with E-state index in [1.807, 2.05) is 30.3 Å². The van der Waals surface area contributed by atoms with Gasteiger partial charge in [-0.05, 0) is 17.2 Å². The summed E-state index contributed by atoms with van der Waals surface area (Å²) >= 11 is 0. The van der Waals surface area contributed by atoms with E-state index in [9.17, 15) is 14.7 Å². The monoisotopic (exact) mass is 270 g/mol. The fraction of sp³-hybridized carbons (Fsp3) is 0.125. The number of hydrogen-bond acceptors (Lipinski definition) is 2. The number of hydrogen-bond donors (Lipinski definition) is 2. The van der Waals surface area contributed by atoms with Crippen LogP contribution in [0.4, 0.5) is 0 Å². The van der Waals surface area contributed by atoms with Crippen molar-refractivity contribution in [1.82, 2.24) is 0 Å². The van der Waals surface area contributed by atoms with E-state index in [2.05, 4.69) is 0 Å². The zero-order valence-electron chi connectivity index (χ0n) is 10.7. The number of benzene rings is 2. The van der Waals surface area contributed by atoms with E-state index in [4.69, 9.17) is 5.11 Å². The largest absolute Gasteiger partial charge is 0.481 e. The molecule has 0 saturated heterocycles. The number of carboxylic acids is 2. The molecule has 2 aromatic carbocycles. The maximum atomic E-state index is 11.3. The summed E-state index contributed by atoms with van der Waals surface area (Å²) in [6, 6.07) is 15.6. The summed E-state index contributed by atoms with van der Waals surface area (Å²) in [5, 5.41) is 18.3. The van der Waals surface area contributed by atoms with Crippen molar-refractivity contribution in [2.24, 2.45) is 0 Å². The Kier molecular flexibility index (Phi) is 4.15. The van der Waals surface area contributed by atoms with E-state index < -0.39 is 17.9 Å². The molecule has 0 saturated carbocycles. The minimum absolute atomic E-state index is 0.141. The first-order chi connectivity index (χ1) is 9.59. The quantitative estimate of drug-likeness (QED) is 0.875. The molecule has 1 atom stereocenters. The van der Waals surface area contributed by atoms with Crippen LogP contribution in [0.3, 0.4) is 0 Å². The van der Waals surface area contributed by atoms with Gasteiger partial charge in [0.05, 0.1) is 12.0 Å². The van der Waals surface area contributed by atoms with Gasteiger partial charge in [-0.25, -0.2) is 4.79 Å². The second kappa shape index (κ2) is 6.02. The molecule has 102 valence electrons. The third kappa shape index (κ3) is 3.03. The van der Waals surface area contributed by atoms with Gasteiger partial charge in [-0.15, -0.1) is 0 Å². The molecule has 1 unspecified atom stereocenters. The average Bonchev–Trinajstić information content (AvgIpc) is 2.45. The lowest BCUT2D eigenvalue weighted by Crippen LogP contribution is -2.12. The molecule has 2 rings (SSSR count). The van der Waals surface area contributed by atoms with Gasteiger partial charge in [-0.2, -0.15) is 0 Å². The molecule has 20 heavy (non-hydrogen) atoms. The fourth-order valence-electron chi connectivity index (χ4n) is 2.26. The number of aliphatic carboxylic acids is 1. The summed E-state index contributed by atoms with van der Waals surface area (Å²) in [7, 11) is 0. The summed E-state index contributed by atoms with van der Waals surface area (Å²) in [4.78, 5) is 22.4. The van der Waals surface area contributed by atoms with Crippen LogP contribution >= 0.6 is 0 Å². The van der Waals surface area contributed by atoms with Gasteiger partial charge in [0.15, 0.2) is 0 Å². The van der Waals surface area contributed by atoms with Crippen LogP contribution in [0.1, 0.15) is 33.8 Å². The van der Waals surface area contributed by atoms with Gasteiger partial charge in [0, 0.05) is 5.92 Å². The van der Waals surface area contributed by atoms with E-state index in [1.165, 1.54) is 6.07 Å². The molecule has 0 heterocycles. The van der Waals surface area contributed by atoms with Crippen molar-refractivity contribution in [2.45, 2.75) is 12.3 Å². The summed E-state index contributed by atoms with van der Waals surface area (Å²) in [6.07, 6.45) is -0.145. The Hall–Kier alpha value is -2.62. The van der Waals surface area contributed by atoms with E-state index in [0.717, 1.165) is 5.56 Å². The first kappa shape index (κ1) is 13.8. The van der Waals surface area contributed by atoms with E-state index in [-0.39, 0.29) is 12.0 Å². The van der Waals surface area contributed by atoms with Crippen molar-refractivity contribution in [3.05, 3.63) is 71.3 Å². The molecular formula is C16H14O4. The Bertz CT molecular complexity index is 619. The average molecular weight is 270 g/mol. The standard InChI is InChI=1S/C16H14O4/c17-15(18)10-14(11-6-2-1-3-7-11)12-8-4-5-9-13(12)16(19)20/h1-9,14H,10H2,(H,17,18)(H,19,20). The molecule has 2 N–H and O–H groups in total. The normalized spacial score (nSPS) is 11.8. The Morgan fingerprint density at radius 1 is 0.900 bits per heavy atom. The van der Waals surface area contributed by atoms with Gasteiger partial charge in [0.2, 0.25) is 0 Å². The van der Waals surface area contributed by atoms with Crippen LogP contribution < -0.4 is 0 Å². The van der Waals surface area contributed by atoms with Gasteiger partial charge in [-0.1, -0.05) is 48.5 Å². The first-order valence-electron chi connectivity index (χ1n) is 6.18. The highest BCUT2D eigenvalue weighted by atomic mass is 16.4. The molecule has 0 aliphatic heterocycles. The molecule has 4 nitrogen and oxygen atoms in total. The van der Waals surface area contributed by atoms with Crippen LogP contribution in [0.15, 0.2) is 54.6 Å². The third-order valence-corrected chi connectivity index (χ3v) is 3.15. The Morgan fingerprint density at radius 2 is 1.50 bits per heavy atom. The van der Waals surface area contributed by atoms with E-state index in [1.54, 1.807) is 18.2 Å². The molecule has 2 aromatic rings. The molecular weight excluding hydrogens is 256 g/mol. The second-order valence-electron chi connectivity index (χ2n) is 4.45. The number of carboxylic acid groups (broad SMARTS) is 2. The molecule has 0 radical (unpaired) electrons. The van der Waals surface area contributed by atoms with Crippen LogP contribution in [-0.2, 0) is 4.79 Å². The molecule has 0 spiro atoms. The molecule has 0 aliphatic rings. The lowest BCUT2D eigenvalue weighted by Gasteiger charge is -2.18. The maximum Gasteiger partial charge on any atom is 0.335 e. The van der Waals surface area contributed by atoms with Gasteiger partial charge in [0.1, 0.15) is 0 Å². The van der Waals surface area contributed by atoms with Crippen LogP contribution in [0.2, 0.25) is 0 Å². The predicted octanol–water partition coefficient (Wildman–Crippen LogP) is 2.99. The smallest absolute Gasteiger partial charge is 0.335 e. The van der Waals surface area contributed by atoms with Gasteiger partial charge in [-0.3, -0.25) is 4.79 Å². The van der Waals surface area contributed by atoms with Crippen LogP contribution in [-0.4, -0.2) is 22.2 Å². The molecule has 0 fully saturated rings. The molecule has 0 aliphatic carbocycles. The van der Waals surface area contributed by atoms with E-state index in [0.29, 0.717) is 5.56 Å². The van der Waals surface area contributed by atoms with Crippen molar-refractivity contribution in [1.29, 1.82) is 0 Å². The summed E-state index contributed by atoms with van der Waals surface area (Å²) in [6.45, 7) is 0. The van der Waals surface area contributed by atoms with Gasteiger partial charge < -0.3 is 10.2 Å². The molecule has 0 bridgehead atoms. The molecule has 0 amide bonds. The summed E-state index contributed by atoms with van der Waals surface area (Å²) in [5.74, 6) is -2.48. The van der Waals surface area contributed by atoms with Crippen LogP contribution in [0.5, 0.6) is 0 Å². The Labute approximate surface area is 116 Å². The molecule has 0 aromatic heterocycles. The van der Waals surface area contributed by atoms with Gasteiger partial charge in [0.25, 0.3) is 0 Å². The Balaban J connectivity index is 2.52. The van der Waals surface area contributed by atoms with Crippen molar-refractivity contribution >= 4 is 11.9 Å². The van der Waals surface area contributed by atoms with Crippen molar-refractivity contribution in [3.8, 4) is 0 Å². The number of aromatic carboxylic acids is 1. The zero-order valence-corrected chi connectivity index (χ0v) is 10.7. The number of rotatable bonds is 5. The highest BCUT2D eigenvalue weighted by Crippen LogP contribution is 2.30. The highest BCUT2D eigenvalue weighted by molar-refractivity contribution is 5.90. The zero-order chi connectivity index (χ0) is 14.5. The van der Waals surface area contributed by atoms with Crippen molar-refractivity contribution < 1.29 is 19.8 Å². The minimum Gasteiger partial charge on any atom is -0.481 e. The van der Waals surface area contributed by atoms with Crippen LogP contribution in [0, 0.1) is 0 Å². The first-order valence-corrected chi connectivity index (χ1v) is 6.18. The highest BCUT2D eigenvalue weighted by Gasteiger charge is 2.22. The third-order valence-electron chi connectivity index (χ3n) is 3.15.